The lowest BCUT2D eigenvalue weighted by Crippen LogP contribution is -2.33. The standard InChI is InChI=1S/C19H18N4O2S/c1-25-17-10-20-6-2-15(17)19(24)23-7-3-14-16(4-8-23)21-12-22-18(14)13-5-9-26-11-13/h2,5-6,9-12H,3-4,7-8H2,1H3. The van der Waals surface area contributed by atoms with Crippen LogP contribution < -0.4 is 4.74 Å². The summed E-state index contributed by atoms with van der Waals surface area (Å²) >= 11 is 1.65. The van der Waals surface area contributed by atoms with E-state index >= 15 is 0 Å². The molecule has 0 fully saturated rings. The average molecular weight is 366 g/mol. The first-order valence-electron chi connectivity index (χ1n) is 8.40. The highest BCUT2D eigenvalue weighted by atomic mass is 32.1. The number of ether oxygens (including phenoxy) is 1. The summed E-state index contributed by atoms with van der Waals surface area (Å²) in [6.07, 6.45) is 6.26. The molecule has 1 amide bonds. The van der Waals surface area contributed by atoms with Gasteiger partial charge in [-0.3, -0.25) is 9.78 Å². The summed E-state index contributed by atoms with van der Waals surface area (Å²) in [5, 5.41) is 4.14. The minimum atomic E-state index is -0.0397. The Kier molecular flexibility index (Phi) is 4.62. The van der Waals surface area contributed by atoms with Crippen LogP contribution in [0, 0.1) is 0 Å². The lowest BCUT2D eigenvalue weighted by atomic mass is 10.0. The Labute approximate surface area is 155 Å². The van der Waals surface area contributed by atoms with Crippen molar-refractivity contribution < 1.29 is 9.53 Å². The second-order valence-electron chi connectivity index (χ2n) is 6.03. The lowest BCUT2D eigenvalue weighted by molar-refractivity contribution is 0.0759. The van der Waals surface area contributed by atoms with Crippen molar-refractivity contribution in [2.75, 3.05) is 20.2 Å². The molecule has 0 saturated heterocycles. The summed E-state index contributed by atoms with van der Waals surface area (Å²) in [7, 11) is 1.55. The Balaban J connectivity index is 1.61. The number of hydrogen-bond donors (Lipinski definition) is 0. The third kappa shape index (κ3) is 3.06. The van der Waals surface area contributed by atoms with Crippen LogP contribution in [0.15, 0.2) is 41.6 Å². The summed E-state index contributed by atoms with van der Waals surface area (Å²) in [6, 6.07) is 3.78. The fourth-order valence-electron chi connectivity index (χ4n) is 3.27. The molecule has 26 heavy (non-hydrogen) atoms. The quantitative estimate of drug-likeness (QED) is 0.713. The van der Waals surface area contributed by atoms with Crippen molar-refractivity contribution in [3.8, 4) is 17.0 Å². The summed E-state index contributed by atoms with van der Waals surface area (Å²) in [4.78, 5) is 27.8. The number of methoxy groups -OCH3 is 1. The lowest BCUT2D eigenvalue weighted by Gasteiger charge is -2.21. The first-order valence-corrected chi connectivity index (χ1v) is 9.35. The molecule has 0 aromatic carbocycles. The summed E-state index contributed by atoms with van der Waals surface area (Å²) in [6.45, 7) is 1.25. The van der Waals surface area contributed by atoms with Crippen LogP contribution >= 0.6 is 11.3 Å². The Morgan fingerprint density at radius 3 is 2.92 bits per heavy atom. The van der Waals surface area contributed by atoms with Crippen molar-refractivity contribution in [1.82, 2.24) is 19.9 Å². The number of aromatic nitrogens is 3. The molecule has 4 rings (SSSR count). The van der Waals surface area contributed by atoms with Gasteiger partial charge in [0, 0.05) is 47.9 Å². The number of carbonyl (C=O) groups excluding carboxylic acids is 1. The number of fused-ring (bicyclic) bond motifs is 1. The van der Waals surface area contributed by atoms with Gasteiger partial charge in [-0.1, -0.05) is 0 Å². The maximum absolute atomic E-state index is 13.0. The zero-order valence-corrected chi connectivity index (χ0v) is 15.2. The van der Waals surface area contributed by atoms with Crippen LogP contribution in [0.2, 0.25) is 0 Å². The normalized spacial score (nSPS) is 13.8. The van der Waals surface area contributed by atoms with Gasteiger partial charge in [0.05, 0.1) is 24.6 Å². The van der Waals surface area contributed by atoms with E-state index in [2.05, 4.69) is 26.4 Å². The Bertz CT molecular complexity index is 927. The van der Waals surface area contributed by atoms with E-state index in [1.165, 1.54) is 0 Å². The molecule has 0 unspecified atom stereocenters. The molecular formula is C19H18N4O2S. The average Bonchev–Trinajstić information content (AvgIpc) is 3.13. The van der Waals surface area contributed by atoms with Crippen molar-refractivity contribution in [2.45, 2.75) is 12.8 Å². The number of thiophene rings is 1. The molecule has 0 atom stereocenters. The highest BCUT2D eigenvalue weighted by Crippen LogP contribution is 2.28. The third-order valence-corrected chi connectivity index (χ3v) is 5.28. The molecule has 6 nitrogen and oxygen atoms in total. The first kappa shape index (κ1) is 16.7. The molecule has 0 spiro atoms. The van der Waals surface area contributed by atoms with Crippen LogP contribution in [0.1, 0.15) is 21.6 Å². The molecular weight excluding hydrogens is 348 g/mol. The number of rotatable bonds is 3. The van der Waals surface area contributed by atoms with E-state index in [1.807, 2.05) is 10.3 Å². The van der Waals surface area contributed by atoms with Gasteiger partial charge in [-0.2, -0.15) is 11.3 Å². The number of nitrogens with zero attached hydrogens (tertiary/aromatic N) is 4. The van der Waals surface area contributed by atoms with Crippen molar-refractivity contribution in [2.24, 2.45) is 0 Å². The molecule has 132 valence electrons. The van der Waals surface area contributed by atoms with E-state index in [-0.39, 0.29) is 5.91 Å². The fourth-order valence-corrected chi connectivity index (χ4v) is 3.91. The van der Waals surface area contributed by atoms with E-state index < -0.39 is 0 Å². The van der Waals surface area contributed by atoms with Gasteiger partial charge in [0.2, 0.25) is 0 Å². The van der Waals surface area contributed by atoms with Crippen molar-refractivity contribution in [3.05, 3.63) is 58.4 Å². The molecule has 0 saturated carbocycles. The maximum atomic E-state index is 13.0. The van der Waals surface area contributed by atoms with E-state index in [9.17, 15) is 4.79 Å². The van der Waals surface area contributed by atoms with Crippen LogP contribution in [-0.2, 0) is 12.8 Å². The van der Waals surface area contributed by atoms with Gasteiger partial charge in [-0.15, -0.1) is 0 Å². The number of pyridine rings is 1. The minimum absolute atomic E-state index is 0.0397. The zero-order valence-electron chi connectivity index (χ0n) is 14.4. The number of hydrogen-bond acceptors (Lipinski definition) is 6. The van der Waals surface area contributed by atoms with Crippen LogP contribution in [0.3, 0.4) is 0 Å². The third-order valence-electron chi connectivity index (χ3n) is 4.60. The molecule has 7 heteroatoms. The van der Waals surface area contributed by atoms with Gasteiger partial charge in [0.1, 0.15) is 12.1 Å². The molecule has 1 aliphatic rings. The van der Waals surface area contributed by atoms with E-state index in [0.717, 1.165) is 28.9 Å². The summed E-state index contributed by atoms with van der Waals surface area (Å²) < 4.78 is 5.29. The second-order valence-corrected chi connectivity index (χ2v) is 6.81. The van der Waals surface area contributed by atoms with E-state index in [0.29, 0.717) is 30.8 Å². The monoisotopic (exact) mass is 366 g/mol. The van der Waals surface area contributed by atoms with Crippen molar-refractivity contribution in [3.63, 3.8) is 0 Å². The molecule has 0 aliphatic carbocycles. The zero-order chi connectivity index (χ0) is 17.9. The minimum Gasteiger partial charge on any atom is -0.494 e. The van der Waals surface area contributed by atoms with E-state index in [4.69, 9.17) is 4.74 Å². The molecule has 1 aliphatic heterocycles. The smallest absolute Gasteiger partial charge is 0.257 e. The van der Waals surface area contributed by atoms with Gasteiger partial charge in [0.15, 0.2) is 0 Å². The van der Waals surface area contributed by atoms with Crippen LogP contribution in [-0.4, -0.2) is 46.0 Å². The van der Waals surface area contributed by atoms with Crippen molar-refractivity contribution in [1.29, 1.82) is 0 Å². The number of carbonyl (C=O) groups is 1. The Morgan fingerprint density at radius 2 is 2.12 bits per heavy atom. The topological polar surface area (TPSA) is 68.2 Å². The Hall–Kier alpha value is -2.80. The van der Waals surface area contributed by atoms with Gasteiger partial charge < -0.3 is 9.64 Å². The Morgan fingerprint density at radius 1 is 1.23 bits per heavy atom. The van der Waals surface area contributed by atoms with Gasteiger partial charge in [-0.05, 0) is 23.9 Å². The van der Waals surface area contributed by atoms with Crippen LogP contribution in [0.5, 0.6) is 5.75 Å². The molecule has 3 aromatic heterocycles. The highest BCUT2D eigenvalue weighted by molar-refractivity contribution is 7.08. The predicted octanol–water partition coefficient (Wildman–Crippen LogP) is 2.85. The highest BCUT2D eigenvalue weighted by Gasteiger charge is 2.24. The van der Waals surface area contributed by atoms with Gasteiger partial charge in [-0.25, -0.2) is 9.97 Å². The molecule has 0 bridgehead atoms. The SMILES string of the molecule is COc1cnccc1C(=O)N1CCc2ncnc(-c3ccsc3)c2CC1. The predicted molar refractivity (Wildman–Crippen MR) is 99.4 cm³/mol. The van der Waals surface area contributed by atoms with Crippen LogP contribution in [0.4, 0.5) is 0 Å². The van der Waals surface area contributed by atoms with Gasteiger partial charge in [0.25, 0.3) is 5.91 Å². The summed E-state index contributed by atoms with van der Waals surface area (Å²) in [5.41, 5.74) is 4.80. The molecule has 3 aromatic rings. The summed E-state index contributed by atoms with van der Waals surface area (Å²) in [5.74, 6) is 0.458. The molecule has 0 N–H and O–H groups in total. The number of amides is 1. The maximum Gasteiger partial charge on any atom is 0.257 e. The van der Waals surface area contributed by atoms with Gasteiger partial charge >= 0.3 is 0 Å². The van der Waals surface area contributed by atoms with Crippen LogP contribution in [0.25, 0.3) is 11.3 Å². The first-order chi connectivity index (χ1) is 12.8. The molecule has 0 radical (unpaired) electrons. The van der Waals surface area contributed by atoms with Crippen molar-refractivity contribution >= 4 is 17.2 Å². The second kappa shape index (κ2) is 7.21. The van der Waals surface area contributed by atoms with E-state index in [1.54, 1.807) is 43.2 Å². The molecule has 4 heterocycles. The largest absolute Gasteiger partial charge is 0.494 e. The fraction of sp³-hybridized carbons (Fsp3) is 0.263.